The van der Waals surface area contributed by atoms with Crippen molar-refractivity contribution >= 4 is 21.7 Å². The molecule has 4 heteroatoms. The van der Waals surface area contributed by atoms with Crippen LogP contribution in [-0.2, 0) is 6.54 Å². The van der Waals surface area contributed by atoms with E-state index in [2.05, 4.69) is 11.8 Å². The summed E-state index contributed by atoms with van der Waals surface area (Å²) in [6.07, 6.45) is 6.25. The van der Waals surface area contributed by atoms with Gasteiger partial charge >= 0.3 is 5.63 Å². The van der Waals surface area contributed by atoms with E-state index in [1.165, 1.54) is 32.1 Å². The Morgan fingerprint density at radius 1 is 1.04 bits per heavy atom. The van der Waals surface area contributed by atoms with Gasteiger partial charge in [0.1, 0.15) is 11.3 Å². The fourth-order valence-corrected chi connectivity index (χ4v) is 4.29. The first-order valence-electron chi connectivity index (χ1n) is 9.59. The number of phenolic OH excluding ortho intramolecular Hbond substituents is 1. The Morgan fingerprint density at radius 3 is 2.50 bits per heavy atom. The fourth-order valence-electron chi connectivity index (χ4n) is 4.29. The predicted molar refractivity (Wildman–Crippen MR) is 105 cm³/mol. The van der Waals surface area contributed by atoms with Gasteiger partial charge in [0.25, 0.3) is 0 Å². The maximum Gasteiger partial charge on any atom is 0.344 e. The van der Waals surface area contributed by atoms with Crippen LogP contribution in [0.1, 0.15) is 44.6 Å². The smallest absolute Gasteiger partial charge is 0.344 e. The second-order valence-corrected chi connectivity index (χ2v) is 7.23. The summed E-state index contributed by atoms with van der Waals surface area (Å²) in [7, 11) is 0. The summed E-state index contributed by atoms with van der Waals surface area (Å²) in [5.74, 6) is 0.199. The van der Waals surface area contributed by atoms with E-state index in [0.717, 1.165) is 22.9 Å². The van der Waals surface area contributed by atoms with Gasteiger partial charge in [0.05, 0.1) is 10.9 Å². The first kappa shape index (κ1) is 17.1. The van der Waals surface area contributed by atoms with Gasteiger partial charge in [-0.3, -0.25) is 4.90 Å². The van der Waals surface area contributed by atoms with E-state index in [1.807, 2.05) is 24.3 Å². The first-order valence-corrected chi connectivity index (χ1v) is 9.59. The number of phenols is 1. The number of benzene rings is 2. The normalized spacial score (nSPS) is 15.9. The highest BCUT2D eigenvalue weighted by Crippen LogP contribution is 2.33. The molecule has 0 atom stereocenters. The van der Waals surface area contributed by atoms with Crippen LogP contribution in [-0.4, -0.2) is 22.6 Å². The van der Waals surface area contributed by atoms with Crippen LogP contribution >= 0.6 is 0 Å². The topological polar surface area (TPSA) is 53.7 Å². The van der Waals surface area contributed by atoms with Crippen molar-refractivity contribution in [1.29, 1.82) is 0 Å². The summed E-state index contributed by atoms with van der Waals surface area (Å²) >= 11 is 0. The molecule has 3 aromatic rings. The van der Waals surface area contributed by atoms with Crippen LogP contribution in [0.2, 0.25) is 0 Å². The number of nitrogens with zero attached hydrogens (tertiary/aromatic N) is 1. The van der Waals surface area contributed by atoms with Gasteiger partial charge < -0.3 is 9.52 Å². The van der Waals surface area contributed by atoms with Crippen molar-refractivity contribution in [3.05, 3.63) is 52.4 Å². The van der Waals surface area contributed by atoms with Crippen LogP contribution in [0, 0.1) is 0 Å². The van der Waals surface area contributed by atoms with Crippen molar-refractivity contribution in [3.63, 3.8) is 0 Å². The van der Waals surface area contributed by atoms with Crippen LogP contribution in [0.4, 0.5) is 0 Å². The molecule has 2 aromatic carbocycles. The number of aromatic hydroxyl groups is 1. The summed E-state index contributed by atoms with van der Waals surface area (Å²) < 4.78 is 5.68. The molecule has 0 saturated heterocycles. The molecule has 0 radical (unpaired) electrons. The average molecular weight is 351 g/mol. The molecule has 1 saturated carbocycles. The van der Waals surface area contributed by atoms with Crippen molar-refractivity contribution in [2.24, 2.45) is 0 Å². The van der Waals surface area contributed by atoms with E-state index in [-0.39, 0.29) is 11.4 Å². The molecule has 0 amide bonds. The van der Waals surface area contributed by atoms with Crippen LogP contribution in [0.5, 0.6) is 5.75 Å². The molecule has 26 heavy (non-hydrogen) atoms. The predicted octanol–water partition coefficient (Wildman–Crippen LogP) is 4.81. The summed E-state index contributed by atoms with van der Waals surface area (Å²) in [4.78, 5) is 14.9. The third-order valence-electron chi connectivity index (χ3n) is 5.73. The molecular formula is C22H25NO3. The highest BCUT2D eigenvalue weighted by Gasteiger charge is 2.23. The SMILES string of the molecule is CCN(Cc1c(O)ccc2c1oc(=O)c1ccccc12)C1CCCCC1. The Labute approximate surface area is 153 Å². The minimum Gasteiger partial charge on any atom is -0.507 e. The van der Waals surface area contributed by atoms with E-state index in [1.54, 1.807) is 12.1 Å². The molecule has 136 valence electrons. The molecule has 0 aliphatic heterocycles. The molecule has 0 unspecified atom stereocenters. The summed E-state index contributed by atoms with van der Waals surface area (Å²) in [5.41, 5.74) is 0.890. The lowest BCUT2D eigenvalue weighted by Gasteiger charge is -2.33. The van der Waals surface area contributed by atoms with Crippen molar-refractivity contribution in [2.45, 2.75) is 51.6 Å². The quantitative estimate of drug-likeness (QED) is 0.541. The lowest BCUT2D eigenvalue weighted by molar-refractivity contribution is 0.154. The molecule has 0 spiro atoms. The van der Waals surface area contributed by atoms with Crippen LogP contribution in [0.25, 0.3) is 21.7 Å². The minimum atomic E-state index is -0.347. The zero-order valence-corrected chi connectivity index (χ0v) is 15.2. The van der Waals surface area contributed by atoms with Gasteiger partial charge in [-0.25, -0.2) is 4.79 Å². The summed E-state index contributed by atoms with van der Waals surface area (Å²) in [5, 5.41) is 12.9. The van der Waals surface area contributed by atoms with Gasteiger partial charge in [0.15, 0.2) is 0 Å². The minimum absolute atomic E-state index is 0.199. The van der Waals surface area contributed by atoms with Crippen LogP contribution in [0.3, 0.4) is 0 Å². The van der Waals surface area contributed by atoms with Gasteiger partial charge in [-0.05, 0) is 43.0 Å². The van der Waals surface area contributed by atoms with Gasteiger partial charge in [-0.15, -0.1) is 0 Å². The third-order valence-corrected chi connectivity index (χ3v) is 5.73. The number of rotatable bonds is 4. The molecule has 4 nitrogen and oxygen atoms in total. The molecule has 4 rings (SSSR count). The summed E-state index contributed by atoms with van der Waals surface area (Å²) in [6.45, 7) is 3.67. The Balaban J connectivity index is 1.83. The number of fused-ring (bicyclic) bond motifs is 3. The van der Waals surface area contributed by atoms with Crippen LogP contribution in [0.15, 0.2) is 45.6 Å². The molecule has 1 fully saturated rings. The Hall–Kier alpha value is -2.33. The van der Waals surface area contributed by atoms with Gasteiger partial charge in [-0.2, -0.15) is 0 Å². The maximum absolute atomic E-state index is 12.5. The van der Waals surface area contributed by atoms with Gasteiger partial charge in [0.2, 0.25) is 0 Å². The monoisotopic (exact) mass is 351 g/mol. The molecule has 1 aliphatic carbocycles. The molecule has 0 bridgehead atoms. The third kappa shape index (κ3) is 2.99. The van der Waals surface area contributed by atoms with Gasteiger partial charge in [0, 0.05) is 18.0 Å². The second kappa shape index (κ2) is 7.12. The molecule has 1 aromatic heterocycles. The summed E-state index contributed by atoms with van der Waals surface area (Å²) in [6, 6.07) is 11.6. The average Bonchev–Trinajstić information content (AvgIpc) is 2.68. The van der Waals surface area contributed by atoms with Crippen molar-refractivity contribution in [2.75, 3.05) is 6.54 Å². The maximum atomic E-state index is 12.5. The standard InChI is InChI=1S/C22H25NO3/c1-2-23(15-8-4-3-5-9-15)14-19-20(24)13-12-17-16-10-6-7-11-18(16)22(25)26-21(17)19/h6-7,10-13,15,24H,2-5,8-9,14H2,1H3. The highest BCUT2D eigenvalue weighted by atomic mass is 16.4. The van der Waals surface area contributed by atoms with E-state index in [4.69, 9.17) is 4.42 Å². The second-order valence-electron chi connectivity index (χ2n) is 7.23. The Morgan fingerprint density at radius 2 is 1.77 bits per heavy atom. The van der Waals surface area contributed by atoms with Crippen molar-refractivity contribution in [1.82, 2.24) is 4.90 Å². The number of hydrogen-bond acceptors (Lipinski definition) is 4. The molecule has 1 N–H and O–H groups in total. The van der Waals surface area contributed by atoms with E-state index >= 15 is 0 Å². The zero-order chi connectivity index (χ0) is 18.1. The first-order chi connectivity index (χ1) is 12.7. The molecule has 1 aliphatic rings. The van der Waals surface area contributed by atoms with E-state index in [0.29, 0.717) is 23.6 Å². The van der Waals surface area contributed by atoms with Crippen LogP contribution < -0.4 is 5.63 Å². The lowest BCUT2D eigenvalue weighted by atomic mass is 9.93. The van der Waals surface area contributed by atoms with Gasteiger partial charge in [-0.1, -0.05) is 44.4 Å². The lowest BCUT2D eigenvalue weighted by Crippen LogP contribution is -2.36. The Bertz CT molecular complexity index is 986. The highest BCUT2D eigenvalue weighted by molar-refractivity contribution is 6.05. The largest absolute Gasteiger partial charge is 0.507 e. The number of hydrogen-bond donors (Lipinski definition) is 1. The Kier molecular flexibility index (Phi) is 4.68. The molecule has 1 heterocycles. The van der Waals surface area contributed by atoms with E-state index in [9.17, 15) is 9.90 Å². The van der Waals surface area contributed by atoms with E-state index < -0.39 is 0 Å². The molecular weight excluding hydrogens is 326 g/mol. The van der Waals surface area contributed by atoms with Crippen molar-refractivity contribution in [3.8, 4) is 5.75 Å². The van der Waals surface area contributed by atoms with Crippen molar-refractivity contribution < 1.29 is 9.52 Å². The zero-order valence-electron chi connectivity index (χ0n) is 15.2. The fraction of sp³-hybridized carbons (Fsp3) is 0.409.